The fourth-order valence-electron chi connectivity index (χ4n) is 3.55. The molecule has 0 aliphatic heterocycles. The van der Waals surface area contributed by atoms with Crippen LogP contribution in [0.4, 0.5) is 0 Å². The van der Waals surface area contributed by atoms with Gasteiger partial charge < -0.3 is 0 Å². The van der Waals surface area contributed by atoms with E-state index in [1.54, 1.807) is 0 Å². The standard InChI is InChI=1S/C13H18N2/c1-8-13-11-5-3-4-10(11)6-7-12(13)15-9(2)14-8/h10-11H,3-7H2,1-2H3. The minimum atomic E-state index is 0.786. The molecule has 1 heterocycles. The average molecular weight is 202 g/mol. The summed E-state index contributed by atoms with van der Waals surface area (Å²) < 4.78 is 0. The molecule has 2 aliphatic rings. The normalized spacial score (nSPS) is 28.7. The van der Waals surface area contributed by atoms with Gasteiger partial charge in [0.25, 0.3) is 0 Å². The Bertz CT molecular complexity index is 398. The van der Waals surface area contributed by atoms with Crippen molar-refractivity contribution in [2.75, 3.05) is 0 Å². The van der Waals surface area contributed by atoms with Gasteiger partial charge in [-0.25, -0.2) is 9.97 Å². The van der Waals surface area contributed by atoms with Gasteiger partial charge in [-0.05, 0) is 56.9 Å². The Balaban J connectivity index is 2.12. The summed E-state index contributed by atoms with van der Waals surface area (Å²) in [7, 11) is 0. The molecular weight excluding hydrogens is 184 g/mol. The van der Waals surface area contributed by atoms with Gasteiger partial charge in [0, 0.05) is 11.4 Å². The van der Waals surface area contributed by atoms with Gasteiger partial charge in [-0.3, -0.25) is 0 Å². The molecule has 2 atom stereocenters. The third-order valence-corrected chi connectivity index (χ3v) is 4.11. The van der Waals surface area contributed by atoms with Gasteiger partial charge in [0.05, 0.1) is 0 Å². The van der Waals surface area contributed by atoms with Crippen molar-refractivity contribution < 1.29 is 0 Å². The highest BCUT2D eigenvalue weighted by Crippen LogP contribution is 2.46. The largest absolute Gasteiger partial charge is 0.238 e. The monoisotopic (exact) mass is 202 g/mol. The van der Waals surface area contributed by atoms with Gasteiger partial charge in [0.1, 0.15) is 5.82 Å². The molecule has 0 saturated heterocycles. The number of aryl methyl sites for hydroxylation is 3. The molecule has 2 unspecified atom stereocenters. The van der Waals surface area contributed by atoms with Crippen molar-refractivity contribution in [3.8, 4) is 0 Å². The van der Waals surface area contributed by atoms with Crippen LogP contribution in [0.3, 0.4) is 0 Å². The van der Waals surface area contributed by atoms with Crippen LogP contribution in [0, 0.1) is 19.8 Å². The van der Waals surface area contributed by atoms with Crippen LogP contribution in [-0.2, 0) is 6.42 Å². The van der Waals surface area contributed by atoms with E-state index in [4.69, 9.17) is 0 Å². The Hall–Kier alpha value is -0.920. The van der Waals surface area contributed by atoms with Crippen molar-refractivity contribution in [1.29, 1.82) is 0 Å². The molecule has 0 radical (unpaired) electrons. The number of hydrogen-bond acceptors (Lipinski definition) is 2. The summed E-state index contributed by atoms with van der Waals surface area (Å²) in [5, 5.41) is 0. The highest BCUT2D eigenvalue weighted by Gasteiger charge is 2.35. The molecule has 2 nitrogen and oxygen atoms in total. The van der Waals surface area contributed by atoms with Crippen molar-refractivity contribution in [3.63, 3.8) is 0 Å². The van der Waals surface area contributed by atoms with Crippen LogP contribution >= 0.6 is 0 Å². The Labute approximate surface area is 91.1 Å². The molecule has 1 fully saturated rings. The second-order valence-electron chi connectivity index (χ2n) is 5.05. The summed E-state index contributed by atoms with van der Waals surface area (Å²) in [6, 6.07) is 0. The third kappa shape index (κ3) is 1.38. The van der Waals surface area contributed by atoms with Gasteiger partial charge in [-0.2, -0.15) is 0 Å². The minimum absolute atomic E-state index is 0.786. The zero-order chi connectivity index (χ0) is 10.4. The number of rotatable bonds is 0. The van der Waals surface area contributed by atoms with Gasteiger partial charge >= 0.3 is 0 Å². The molecule has 3 rings (SSSR count). The Kier molecular flexibility index (Phi) is 2.04. The maximum atomic E-state index is 4.62. The van der Waals surface area contributed by atoms with E-state index in [2.05, 4.69) is 16.9 Å². The molecule has 1 aromatic heterocycles. The van der Waals surface area contributed by atoms with Crippen LogP contribution in [0.5, 0.6) is 0 Å². The number of hydrogen-bond donors (Lipinski definition) is 0. The first-order valence-electron chi connectivity index (χ1n) is 6.09. The fraction of sp³-hybridized carbons (Fsp3) is 0.692. The molecule has 0 spiro atoms. The molecule has 0 aromatic carbocycles. The zero-order valence-corrected chi connectivity index (χ0v) is 9.58. The van der Waals surface area contributed by atoms with E-state index >= 15 is 0 Å². The molecule has 1 saturated carbocycles. The maximum absolute atomic E-state index is 4.62. The molecule has 2 heteroatoms. The predicted octanol–water partition coefficient (Wildman–Crippen LogP) is 2.92. The summed E-state index contributed by atoms with van der Waals surface area (Å²) >= 11 is 0. The van der Waals surface area contributed by atoms with Crippen molar-refractivity contribution in [2.45, 2.75) is 51.9 Å². The predicted molar refractivity (Wildman–Crippen MR) is 59.9 cm³/mol. The fourth-order valence-corrected chi connectivity index (χ4v) is 3.55. The van der Waals surface area contributed by atoms with Crippen molar-refractivity contribution in [2.24, 2.45) is 5.92 Å². The molecular formula is C13H18N2. The zero-order valence-electron chi connectivity index (χ0n) is 9.58. The Morgan fingerprint density at radius 2 is 1.93 bits per heavy atom. The van der Waals surface area contributed by atoms with E-state index in [1.165, 1.54) is 49.1 Å². The molecule has 80 valence electrons. The lowest BCUT2D eigenvalue weighted by Gasteiger charge is -2.28. The molecule has 2 aliphatic carbocycles. The summed E-state index contributed by atoms with van der Waals surface area (Å²) in [6.07, 6.45) is 6.73. The Morgan fingerprint density at radius 1 is 1.07 bits per heavy atom. The van der Waals surface area contributed by atoms with E-state index in [0.717, 1.165) is 17.7 Å². The number of aromatic nitrogens is 2. The Morgan fingerprint density at radius 3 is 2.80 bits per heavy atom. The highest BCUT2D eigenvalue weighted by atomic mass is 14.9. The number of nitrogens with zero attached hydrogens (tertiary/aromatic N) is 2. The van der Waals surface area contributed by atoms with Crippen LogP contribution in [0.2, 0.25) is 0 Å². The van der Waals surface area contributed by atoms with Gasteiger partial charge in [-0.1, -0.05) is 6.42 Å². The van der Waals surface area contributed by atoms with Crippen LogP contribution in [0.15, 0.2) is 0 Å². The topological polar surface area (TPSA) is 25.8 Å². The van der Waals surface area contributed by atoms with E-state index in [0.29, 0.717) is 0 Å². The lowest BCUT2D eigenvalue weighted by atomic mass is 9.78. The van der Waals surface area contributed by atoms with Crippen molar-refractivity contribution >= 4 is 0 Å². The van der Waals surface area contributed by atoms with Gasteiger partial charge in [0.15, 0.2) is 0 Å². The van der Waals surface area contributed by atoms with Crippen LogP contribution in [0.25, 0.3) is 0 Å². The maximum Gasteiger partial charge on any atom is 0.125 e. The third-order valence-electron chi connectivity index (χ3n) is 4.11. The first kappa shape index (κ1) is 9.32. The SMILES string of the molecule is Cc1nc(C)c2c(n1)CCC1CCCC21. The summed E-state index contributed by atoms with van der Waals surface area (Å²) in [4.78, 5) is 9.16. The second kappa shape index (κ2) is 3.29. The smallest absolute Gasteiger partial charge is 0.125 e. The van der Waals surface area contributed by atoms with E-state index < -0.39 is 0 Å². The highest BCUT2D eigenvalue weighted by molar-refractivity contribution is 5.33. The lowest BCUT2D eigenvalue weighted by Crippen LogP contribution is -2.20. The van der Waals surface area contributed by atoms with Crippen molar-refractivity contribution in [3.05, 3.63) is 22.8 Å². The summed E-state index contributed by atoms with van der Waals surface area (Å²) in [5.74, 6) is 2.67. The first-order valence-corrected chi connectivity index (χ1v) is 6.09. The molecule has 15 heavy (non-hydrogen) atoms. The minimum Gasteiger partial charge on any atom is -0.238 e. The molecule has 0 amide bonds. The van der Waals surface area contributed by atoms with E-state index in [1.807, 2.05) is 6.92 Å². The van der Waals surface area contributed by atoms with Crippen LogP contribution < -0.4 is 0 Å². The second-order valence-corrected chi connectivity index (χ2v) is 5.05. The van der Waals surface area contributed by atoms with E-state index in [9.17, 15) is 0 Å². The van der Waals surface area contributed by atoms with Crippen LogP contribution in [-0.4, -0.2) is 9.97 Å². The first-order chi connectivity index (χ1) is 7.25. The quantitative estimate of drug-likeness (QED) is 0.646. The molecule has 0 bridgehead atoms. The number of fused-ring (bicyclic) bond motifs is 3. The van der Waals surface area contributed by atoms with Crippen LogP contribution in [0.1, 0.15) is 54.4 Å². The molecule has 0 N–H and O–H groups in total. The van der Waals surface area contributed by atoms with Gasteiger partial charge in [-0.15, -0.1) is 0 Å². The lowest BCUT2D eigenvalue weighted by molar-refractivity contribution is 0.413. The average Bonchev–Trinajstić information content (AvgIpc) is 2.63. The summed E-state index contributed by atoms with van der Waals surface area (Å²) in [5.41, 5.74) is 4.10. The van der Waals surface area contributed by atoms with Crippen molar-refractivity contribution in [1.82, 2.24) is 9.97 Å². The molecule has 1 aromatic rings. The van der Waals surface area contributed by atoms with Gasteiger partial charge in [0.2, 0.25) is 0 Å². The van der Waals surface area contributed by atoms with E-state index in [-0.39, 0.29) is 0 Å². The summed E-state index contributed by atoms with van der Waals surface area (Å²) in [6.45, 7) is 4.17.